The Morgan fingerprint density at radius 2 is 2.04 bits per heavy atom. The number of nitrogens with zero attached hydrogens (tertiary/aromatic N) is 2. The fourth-order valence-electron chi connectivity index (χ4n) is 2.83. The molecule has 2 rings (SSSR count). The minimum Gasteiger partial charge on any atom is -0.356 e. The molecule has 2 N–H and O–H groups in total. The van der Waals surface area contributed by atoms with Gasteiger partial charge in [0, 0.05) is 32.7 Å². The molecule has 1 aromatic rings. The Morgan fingerprint density at radius 1 is 1.30 bits per heavy atom. The van der Waals surface area contributed by atoms with Crippen LogP contribution < -0.4 is 10.6 Å². The van der Waals surface area contributed by atoms with Crippen LogP contribution in [0.15, 0.2) is 23.2 Å². The summed E-state index contributed by atoms with van der Waals surface area (Å²) in [7, 11) is 1.79. The smallest absolute Gasteiger partial charge is 0.191 e. The lowest BCUT2D eigenvalue weighted by Gasteiger charge is -2.20. The first kappa shape index (κ1) is 17.7. The zero-order chi connectivity index (χ0) is 16.7. The van der Waals surface area contributed by atoms with E-state index in [9.17, 15) is 4.39 Å². The van der Waals surface area contributed by atoms with Crippen LogP contribution in [-0.2, 0) is 6.42 Å². The molecule has 1 saturated carbocycles. The van der Waals surface area contributed by atoms with Gasteiger partial charge in [-0.05, 0) is 56.0 Å². The van der Waals surface area contributed by atoms with E-state index >= 15 is 0 Å². The second-order valence-electron chi connectivity index (χ2n) is 6.11. The van der Waals surface area contributed by atoms with Crippen LogP contribution in [0, 0.1) is 12.7 Å². The van der Waals surface area contributed by atoms with E-state index in [2.05, 4.69) is 27.4 Å². The largest absolute Gasteiger partial charge is 0.356 e. The summed E-state index contributed by atoms with van der Waals surface area (Å²) in [4.78, 5) is 6.77. The molecular formula is C18H29FN4. The molecule has 0 atom stereocenters. The standard InChI is InChI=1S/C18H29FN4/c1-4-23(17-7-8-17)12-11-22-18(20-3)21-10-9-15-5-6-16(19)13-14(15)2/h5-6,13,17H,4,7-12H2,1-3H3,(H2,20,21,22). The van der Waals surface area contributed by atoms with Crippen LogP contribution in [0.25, 0.3) is 0 Å². The summed E-state index contributed by atoms with van der Waals surface area (Å²) in [6.07, 6.45) is 3.55. The molecule has 23 heavy (non-hydrogen) atoms. The number of guanidine groups is 1. The highest BCUT2D eigenvalue weighted by Gasteiger charge is 2.27. The zero-order valence-corrected chi connectivity index (χ0v) is 14.5. The van der Waals surface area contributed by atoms with E-state index in [1.165, 1.54) is 24.5 Å². The topological polar surface area (TPSA) is 39.7 Å². The molecule has 0 amide bonds. The quantitative estimate of drug-likeness (QED) is 0.570. The number of benzene rings is 1. The lowest BCUT2D eigenvalue weighted by molar-refractivity contribution is 0.282. The second kappa shape index (κ2) is 8.87. The Kier molecular flexibility index (Phi) is 6.84. The van der Waals surface area contributed by atoms with Gasteiger partial charge in [-0.15, -0.1) is 0 Å². The van der Waals surface area contributed by atoms with E-state index in [4.69, 9.17) is 0 Å². The number of aryl methyl sites for hydroxylation is 1. The van der Waals surface area contributed by atoms with Gasteiger partial charge in [0.2, 0.25) is 0 Å². The molecule has 0 radical (unpaired) electrons. The summed E-state index contributed by atoms with van der Waals surface area (Å²) in [5.41, 5.74) is 2.16. The molecule has 128 valence electrons. The van der Waals surface area contributed by atoms with Gasteiger partial charge in [-0.25, -0.2) is 4.39 Å². The molecule has 1 aliphatic carbocycles. The average Bonchev–Trinajstić information content (AvgIpc) is 3.36. The molecule has 1 aliphatic rings. The Hall–Kier alpha value is -1.62. The number of rotatable bonds is 8. The van der Waals surface area contributed by atoms with Crippen LogP contribution in [0.2, 0.25) is 0 Å². The molecule has 5 heteroatoms. The Morgan fingerprint density at radius 3 is 2.65 bits per heavy atom. The number of aliphatic imine (C=N–C) groups is 1. The molecule has 0 unspecified atom stereocenters. The number of hydrogen-bond donors (Lipinski definition) is 2. The van der Waals surface area contributed by atoms with Crippen molar-refractivity contribution in [1.82, 2.24) is 15.5 Å². The van der Waals surface area contributed by atoms with Crippen molar-refractivity contribution in [2.75, 3.05) is 33.2 Å². The second-order valence-corrected chi connectivity index (χ2v) is 6.11. The number of nitrogens with one attached hydrogen (secondary N) is 2. The van der Waals surface area contributed by atoms with Crippen LogP contribution >= 0.6 is 0 Å². The maximum Gasteiger partial charge on any atom is 0.191 e. The van der Waals surface area contributed by atoms with Gasteiger partial charge in [-0.3, -0.25) is 9.89 Å². The summed E-state index contributed by atoms with van der Waals surface area (Å²) >= 11 is 0. The fourth-order valence-corrected chi connectivity index (χ4v) is 2.83. The number of hydrogen-bond acceptors (Lipinski definition) is 2. The third kappa shape index (κ3) is 5.82. The SMILES string of the molecule is CCN(CCNC(=NC)NCCc1ccc(F)cc1C)C1CC1. The highest BCUT2D eigenvalue weighted by Crippen LogP contribution is 2.25. The Labute approximate surface area is 139 Å². The molecule has 0 aliphatic heterocycles. The lowest BCUT2D eigenvalue weighted by Crippen LogP contribution is -2.42. The van der Waals surface area contributed by atoms with Gasteiger partial charge in [0.25, 0.3) is 0 Å². The summed E-state index contributed by atoms with van der Waals surface area (Å²) in [5, 5.41) is 6.69. The third-order valence-electron chi connectivity index (χ3n) is 4.38. The molecule has 1 aromatic carbocycles. The van der Waals surface area contributed by atoms with Crippen molar-refractivity contribution >= 4 is 5.96 Å². The van der Waals surface area contributed by atoms with Crippen molar-refractivity contribution < 1.29 is 4.39 Å². The van der Waals surface area contributed by atoms with Crippen molar-refractivity contribution in [3.8, 4) is 0 Å². The first-order chi connectivity index (χ1) is 11.1. The first-order valence-corrected chi connectivity index (χ1v) is 8.57. The minimum absolute atomic E-state index is 0.173. The van der Waals surface area contributed by atoms with Crippen LogP contribution in [-0.4, -0.2) is 50.1 Å². The highest BCUT2D eigenvalue weighted by molar-refractivity contribution is 5.79. The first-order valence-electron chi connectivity index (χ1n) is 8.57. The lowest BCUT2D eigenvalue weighted by atomic mass is 10.1. The summed E-state index contributed by atoms with van der Waals surface area (Å²) in [6.45, 7) is 8.02. The summed E-state index contributed by atoms with van der Waals surface area (Å²) in [6, 6.07) is 5.77. The van der Waals surface area contributed by atoms with Gasteiger partial charge in [0.1, 0.15) is 5.82 Å². The van der Waals surface area contributed by atoms with Crippen LogP contribution in [0.5, 0.6) is 0 Å². The third-order valence-corrected chi connectivity index (χ3v) is 4.38. The summed E-state index contributed by atoms with van der Waals surface area (Å²) < 4.78 is 13.1. The van der Waals surface area contributed by atoms with E-state index in [0.29, 0.717) is 0 Å². The van der Waals surface area contributed by atoms with Crippen LogP contribution in [0.4, 0.5) is 4.39 Å². The molecule has 4 nitrogen and oxygen atoms in total. The fraction of sp³-hybridized carbons (Fsp3) is 0.611. The van der Waals surface area contributed by atoms with Crippen molar-refractivity contribution in [2.45, 2.75) is 39.2 Å². The normalized spacial score (nSPS) is 15.1. The van der Waals surface area contributed by atoms with E-state index in [-0.39, 0.29) is 5.82 Å². The summed E-state index contributed by atoms with van der Waals surface area (Å²) in [5.74, 6) is 0.657. The van der Waals surface area contributed by atoms with Crippen molar-refractivity contribution in [1.29, 1.82) is 0 Å². The van der Waals surface area contributed by atoms with E-state index in [1.54, 1.807) is 13.1 Å². The molecule has 0 saturated heterocycles. The average molecular weight is 320 g/mol. The molecule has 0 bridgehead atoms. The van der Waals surface area contributed by atoms with E-state index in [0.717, 1.165) is 50.2 Å². The van der Waals surface area contributed by atoms with Gasteiger partial charge in [-0.2, -0.15) is 0 Å². The van der Waals surface area contributed by atoms with E-state index < -0.39 is 0 Å². The zero-order valence-electron chi connectivity index (χ0n) is 14.5. The maximum absolute atomic E-state index is 13.1. The van der Waals surface area contributed by atoms with E-state index in [1.807, 2.05) is 13.0 Å². The minimum atomic E-state index is -0.173. The van der Waals surface area contributed by atoms with Crippen molar-refractivity contribution in [3.63, 3.8) is 0 Å². The molecule has 1 fully saturated rings. The van der Waals surface area contributed by atoms with Crippen molar-refractivity contribution in [3.05, 3.63) is 35.1 Å². The molecule has 0 heterocycles. The molecular weight excluding hydrogens is 291 g/mol. The number of likely N-dealkylation sites (N-methyl/N-ethyl adjacent to an activating group) is 1. The van der Waals surface area contributed by atoms with Gasteiger partial charge in [0.05, 0.1) is 0 Å². The molecule has 0 aromatic heterocycles. The monoisotopic (exact) mass is 320 g/mol. The maximum atomic E-state index is 13.1. The van der Waals surface area contributed by atoms with Gasteiger partial charge < -0.3 is 10.6 Å². The highest BCUT2D eigenvalue weighted by atomic mass is 19.1. The van der Waals surface area contributed by atoms with Crippen molar-refractivity contribution in [2.24, 2.45) is 4.99 Å². The Balaban J connectivity index is 1.68. The van der Waals surface area contributed by atoms with Gasteiger partial charge >= 0.3 is 0 Å². The van der Waals surface area contributed by atoms with Crippen LogP contribution in [0.1, 0.15) is 30.9 Å². The number of halogens is 1. The van der Waals surface area contributed by atoms with Gasteiger partial charge in [-0.1, -0.05) is 13.0 Å². The predicted molar refractivity (Wildman–Crippen MR) is 94.5 cm³/mol. The molecule has 0 spiro atoms. The van der Waals surface area contributed by atoms with Gasteiger partial charge in [0.15, 0.2) is 5.96 Å². The van der Waals surface area contributed by atoms with Crippen LogP contribution in [0.3, 0.4) is 0 Å². The Bertz CT molecular complexity index is 526. The predicted octanol–water partition coefficient (Wildman–Crippen LogP) is 2.33.